The summed E-state index contributed by atoms with van der Waals surface area (Å²) >= 11 is 9.45. The predicted molar refractivity (Wildman–Crippen MR) is 157 cm³/mol. The van der Waals surface area contributed by atoms with E-state index in [0.717, 1.165) is 18.4 Å². The lowest BCUT2D eigenvalue weighted by molar-refractivity contribution is 0.0591. The Morgan fingerprint density at radius 3 is 1.83 bits per heavy atom. The molecular formula is C22H32Br4N4O6. The van der Waals surface area contributed by atoms with E-state index in [1.54, 1.807) is 0 Å². The van der Waals surface area contributed by atoms with Crippen molar-refractivity contribution in [2.24, 2.45) is 0 Å². The number of hydrogen-bond donors (Lipinski definition) is 1. The van der Waals surface area contributed by atoms with E-state index in [0.29, 0.717) is 26.6 Å². The number of carbonyl (C=O) groups excluding carboxylic acids is 2. The molecule has 0 bridgehead atoms. The Bertz CT molecular complexity index is 1070. The smallest absolute Gasteiger partial charge is 0.339 e. The number of carbonyl (C=O) groups is 2. The number of hydrogen-bond acceptors (Lipinski definition) is 8. The van der Waals surface area contributed by atoms with Crippen LogP contribution in [-0.4, -0.2) is 92.1 Å². The van der Waals surface area contributed by atoms with Crippen LogP contribution in [0.2, 0.25) is 0 Å². The number of nitrogens with one attached hydrogen (secondary N) is 1. The molecule has 0 aliphatic carbocycles. The molecule has 1 N–H and O–H groups in total. The van der Waals surface area contributed by atoms with Gasteiger partial charge in [0.2, 0.25) is 0 Å². The van der Waals surface area contributed by atoms with Crippen LogP contribution >= 0.6 is 64.8 Å². The summed E-state index contributed by atoms with van der Waals surface area (Å²) in [4.78, 5) is 51.4. The van der Waals surface area contributed by atoms with Crippen molar-refractivity contribution in [2.75, 3.05) is 60.8 Å². The van der Waals surface area contributed by atoms with Crippen molar-refractivity contribution in [3.63, 3.8) is 0 Å². The van der Waals surface area contributed by atoms with E-state index in [1.165, 1.54) is 43.3 Å². The maximum absolute atomic E-state index is 11.8. The van der Waals surface area contributed by atoms with Crippen molar-refractivity contribution in [3.8, 4) is 0 Å². The molecule has 0 amide bonds. The SMILES string of the molecule is Br.CN(C)CCBr.COC(=O)c1c[nH]c(=O)c(Br)c1.COC(=O)c1cc(Br)c(=O)n(CCN(C)C)c1. The van der Waals surface area contributed by atoms with E-state index in [1.807, 2.05) is 19.0 Å². The molecule has 36 heavy (non-hydrogen) atoms. The minimum absolute atomic E-state index is 0. The molecule has 0 fully saturated rings. The van der Waals surface area contributed by atoms with Gasteiger partial charge >= 0.3 is 11.9 Å². The molecule has 0 saturated carbocycles. The van der Waals surface area contributed by atoms with Crippen LogP contribution in [0.25, 0.3) is 0 Å². The van der Waals surface area contributed by atoms with Gasteiger partial charge in [-0.25, -0.2) is 9.59 Å². The summed E-state index contributed by atoms with van der Waals surface area (Å²) in [6, 6.07) is 2.88. The average Bonchev–Trinajstić information content (AvgIpc) is 2.81. The Morgan fingerprint density at radius 2 is 1.42 bits per heavy atom. The Labute approximate surface area is 246 Å². The van der Waals surface area contributed by atoms with Gasteiger partial charge < -0.3 is 28.8 Å². The number of H-pyrrole nitrogens is 1. The molecule has 2 heterocycles. The van der Waals surface area contributed by atoms with Crippen molar-refractivity contribution in [1.29, 1.82) is 0 Å². The van der Waals surface area contributed by atoms with Crippen LogP contribution in [0.1, 0.15) is 20.7 Å². The number of aromatic nitrogens is 2. The Morgan fingerprint density at radius 1 is 0.917 bits per heavy atom. The van der Waals surface area contributed by atoms with E-state index >= 15 is 0 Å². The van der Waals surface area contributed by atoms with Gasteiger partial charge in [0.05, 0.1) is 34.3 Å². The summed E-state index contributed by atoms with van der Waals surface area (Å²) in [6.07, 6.45) is 2.82. The van der Waals surface area contributed by atoms with Crippen LogP contribution in [-0.2, 0) is 16.0 Å². The van der Waals surface area contributed by atoms with Crippen LogP contribution in [0, 0.1) is 0 Å². The molecule has 0 aliphatic rings. The Hall–Kier alpha value is -1.32. The lowest BCUT2D eigenvalue weighted by atomic mass is 10.3. The third-order valence-electron chi connectivity index (χ3n) is 4.06. The standard InChI is InChI=1S/C11H15BrN2O3.C7H6BrNO3.C4H10BrN.BrH/c1-13(2)4-5-14-7-8(11(16)17-3)6-9(12)10(14)15;1-12-7(11)4-2-5(8)6(10)9-3-4;1-6(2)4-3-5;/h6-7H,4-5H2,1-3H3;2-3H,1H3,(H,9,10);3-4H2,1-2H3;1H. The molecule has 0 saturated heterocycles. The zero-order valence-electron chi connectivity index (χ0n) is 21.0. The van der Waals surface area contributed by atoms with Crippen molar-refractivity contribution < 1.29 is 19.1 Å². The van der Waals surface area contributed by atoms with E-state index < -0.39 is 11.9 Å². The van der Waals surface area contributed by atoms with E-state index in [2.05, 4.69) is 81.2 Å². The van der Waals surface area contributed by atoms with Gasteiger partial charge in [-0.2, -0.15) is 0 Å². The summed E-state index contributed by atoms with van der Waals surface area (Å²) in [5.74, 6) is -0.934. The van der Waals surface area contributed by atoms with Crippen molar-refractivity contribution in [3.05, 3.63) is 65.3 Å². The first-order chi connectivity index (χ1) is 16.4. The number of halogens is 4. The highest BCUT2D eigenvalue weighted by atomic mass is 79.9. The summed E-state index contributed by atoms with van der Waals surface area (Å²) in [5, 5.41) is 1.07. The zero-order valence-corrected chi connectivity index (χ0v) is 27.4. The van der Waals surface area contributed by atoms with Gasteiger partial charge in [-0.05, 0) is 72.2 Å². The highest BCUT2D eigenvalue weighted by molar-refractivity contribution is 9.10. The molecule has 14 heteroatoms. The summed E-state index contributed by atoms with van der Waals surface area (Å²) in [6.45, 7) is 2.37. The number of esters is 2. The van der Waals surface area contributed by atoms with Gasteiger partial charge in [0, 0.05) is 37.4 Å². The quantitative estimate of drug-likeness (QED) is 0.337. The lowest BCUT2D eigenvalue weighted by Crippen LogP contribution is -2.27. The van der Waals surface area contributed by atoms with Gasteiger partial charge in [0.25, 0.3) is 11.1 Å². The first kappa shape index (κ1) is 36.8. The van der Waals surface area contributed by atoms with Crippen molar-refractivity contribution in [2.45, 2.75) is 6.54 Å². The summed E-state index contributed by atoms with van der Waals surface area (Å²) < 4.78 is 11.2. The molecule has 2 aromatic rings. The molecule has 0 aromatic carbocycles. The number of alkyl halides is 1. The fourth-order valence-corrected chi connectivity index (χ4v) is 3.71. The van der Waals surface area contributed by atoms with Crippen LogP contribution in [0.15, 0.2) is 43.1 Å². The third-order valence-corrected chi connectivity index (χ3v) is 5.57. The number of nitrogens with zero attached hydrogens (tertiary/aromatic N) is 3. The maximum Gasteiger partial charge on any atom is 0.339 e. The minimum Gasteiger partial charge on any atom is -0.465 e. The summed E-state index contributed by atoms with van der Waals surface area (Å²) in [7, 11) is 10.5. The van der Waals surface area contributed by atoms with Gasteiger partial charge in [-0.3, -0.25) is 9.59 Å². The van der Waals surface area contributed by atoms with Crippen LogP contribution in [0.4, 0.5) is 0 Å². The second-order valence-corrected chi connectivity index (χ2v) is 9.92. The van der Waals surface area contributed by atoms with Crippen LogP contribution in [0.5, 0.6) is 0 Å². The normalized spacial score (nSPS) is 9.86. The molecule has 0 radical (unpaired) electrons. The van der Waals surface area contributed by atoms with E-state index in [4.69, 9.17) is 0 Å². The fraction of sp³-hybridized carbons (Fsp3) is 0.455. The van der Waals surface area contributed by atoms with Gasteiger partial charge in [0.1, 0.15) is 0 Å². The fourth-order valence-electron chi connectivity index (χ4n) is 2.16. The molecule has 0 aliphatic heterocycles. The highest BCUT2D eigenvalue weighted by Gasteiger charge is 2.11. The molecule has 204 valence electrons. The minimum atomic E-state index is -0.480. The van der Waals surface area contributed by atoms with Gasteiger partial charge in [0.15, 0.2) is 0 Å². The first-order valence-electron chi connectivity index (χ1n) is 10.2. The number of rotatable bonds is 7. The monoisotopic (exact) mass is 764 g/mol. The number of pyridine rings is 2. The van der Waals surface area contributed by atoms with Crippen molar-refractivity contribution in [1.82, 2.24) is 19.4 Å². The first-order valence-corrected chi connectivity index (χ1v) is 12.9. The third kappa shape index (κ3) is 14.4. The molecule has 0 spiro atoms. The van der Waals surface area contributed by atoms with Gasteiger partial charge in [-0.1, -0.05) is 15.9 Å². The topological polar surface area (TPSA) is 114 Å². The number of aromatic amines is 1. The van der Waals surface area contributed by atoms with E-state index in [9.17, 15) is 19.2 Å². The van der Waals surface area contributed by atoms with Crippen molar-refractivity contribution >= 4 is 76.7 Å². The zero-order chi connectivity index (χ0) is 27.1. The number of likely N-dealkylation sites (N-methyl/N-ethyl adjacent to an activating group) is 1. The lowest BCUT2D eigenvalue weighted by Gasteiger charge is -2.12. The second-order valence-electron chi connectivity index (χ2n) is 7.42. The maximum atomic E-state index is 11.8. The second kappa shape index (κ2) is 19.7. The van der Waals surface area contributed by atoms with Crippen LogP contribution < -0.4 is 11.1 Å². The Kier molecular flexibility index (Phi) is 20.2. The number of methoxy groups -OCH3 is 2. The Balaban J connectivity index is 0. The molecule has 2 rings (SSSR count). The molecule has 0 atom stereocenters. The molecular weight excluding hydrogens is 736 g/mol. The molecule has 0 unspecified atom stereocenters. The average molecular weight is 768 g/mol. The summed E-state index contributed by atoms with van der Waals surface area (Å²) in [5.41, 5.74) is 0.240. The molecule has 2 aromatic heterocycles. The van der Waals surface area contributed by atoms with Crippen LogP contribution in [0.3, 0.4) is 0 Å². The molecule has 10 nitrogen and oxygen atoms in total. The van der Waals surface area contributed by atoms with E-state index in [-0.39, 0.29) is 28.1 Å². The predicted octanol–water partition coefficient (Wildman–Crippen LogP) is 3.40. The highest BCUT2D eigenvalue weighted by Crippen LogP contribution is 2.08. The number of ether oxygens (including phenoxy) is 2. The largest absolute Gasteiger partial charge is 0.465 e. The van der Waals surface area contributed by atoms with Gasteiger partial charge in [-0.15, -0.1) is 17.0 Å².